The third kappa shape index (κ3) is 7.22. The molecule has 0 spiro atoms. The molecule has 25 heavy (non-hydrogen) atoms. The zero-order valence-corrected chi connectivity index (χ0v) is 14.7. The molecule has 0 heterocycles. The minimum absolute atomic E-state index is 0.0615. The van der Waals surface area contributed by atoms with Crippen LogP contribution in [0.5, 0.6) is 0 Å². The van der Waals surface area contributed by atoms with Crippen molar-refractivity contribution in [1.29, 1.82) is 0 Å². The number of carboxylic acids is 1. The second kappa shape index (κ2) is 9.52. The summed E-state index contributed by atoms with van der Waals surface area (Å²) in [5.74, 6) is -1.06. The number of carboxylic acid groups (broad SMARTS) is 1. The lowest BCUT2D eigenvalue weighted by Crippen LogP contribution is -2.41. The van der Waals surface area contributed by atoms with Crippen LogP contribution in [-0.4, -0.2) is 22.5 Å². The summed E-state index contributed by atoms with van der Waals surface area (Å²) >= 11 is 0. The van der Waals surface area contributed by atoms with E-state index in [1.54, 1.807) is 6.08 Å². The molecule has 1 fully saturated rings. The first-order valence-corrected chi connectivity index (χ1v) is 9.14. The molecule has 1 saturated carbocycles. The molecule has 1 aliphatic carbocycles. The van der Waals surface area contributed by atoms with E-state index < -0.39 is 11.6 Å². The molecule has 136 valence electrons. The van der Waals surface area contributed by atoms with Gasteiger partial charge in [0.25, 0.3) is 0 Å². The molecule has 2 atom stereocenters. The largest absolute Gasteiger partial charge is 0.550 e. The van der Waals surface area contributed by atoms with E-state index in [1.807, 2.05) is 24.3 Å². The van der Waals surface area contributed by atoms with Gasteiger partial charge in [-0.05, 0) is 62.5 Å². The quantitative estimate of drug-likeness (QED) is 0.552. The number of aliphatic hydroxyl groups is 1. The second-order valence-electron chi connectivity index (χ2n) is 7.15. The van der Waals surface area contributed by atoms with Gasteiger partial charge >= 0.3 is 0 Å². The number of rotatable bonds is 9. The van der Waals surface area contributed by atoms with Crippen molar-refractivity contribution in [2.24, 2.45) is 5.92 Å². The fourth-order valence-corrected chi connectivity index (χ4v) is 3.58. The number of aryl methyl sites for hydroxylation is 1. The lowest BCUT2D eigenvalue weighted by atomic mass is 9.76. The first-order valence-electron chi connectivity index (χ1n) is 9.14. The molecular formula is C21H27O4-. The Morgan fingerprint density at radius 1 is 1.24 bits per heavy atom. The molecule has 2 rings (SSSR count). The van der Waals surface area contributed by atoms with Crippen LogP contribution >= 0.6 is 0 Å². The van der Waals surface area contributed by atoms with Gasteiger partial charge < -0.3 is 15.0 Å². The highest BCUT2D eigenvalue weighted by Crippen LogP contribution is 2.35. The number of carbonyl (C=O) groups excluding carboxylic acids is 2. The van der Waals surface area contributed by atoms with Gasteiger partial charge in [-0.3, -0.25) is 4.79 Å². The van der Waals surface area contributed by atoms with Crippen molar-refractivity contribution in [3.63, 3.8) is 0 Å². The molecule has 4 nitrogen and oxygen atoms in total. The molecule has 0 aromatic heterocycles. The molecule has 0 unspecified atom stereocenters. The average Bonchev–Trinajstić information content (AvgIpc) is 2.57. The highest BCUT2D eigenvalue weighted by Gasteiger charge is 2.33. The van der Waals surface area contributed by atoms with Crippen molar-refractivity contribution in [2.45, 2.75) is 63.4 Å². The number of ketones is 1. The maximum Gasteiger partial charge on any atom is 0.155 e. The summed E-state index contributed by atoms with van der Waals surface area (Å²) in [5, 5.41) is 21.1. The van der Waals surface area contributed by atoms with E-state index in [-0.39, 0.29) is 18.1 Å². The number of benzene rings is 1. The smallest absolute Gasteiger partial charge is 0.155 e. The molecule has 0 amide bonds. The van der Waals surface area contributed by atoms with E-state index in [0.717, 1.165) is 32.1 Å². The maximum absolute atomic E-state index is 12.0. The van der Waals surface area contributed by atoms with Crippen LogP contribution in [-0.2, 0) is 16.0 Å². The predicted molar refractivity (Wildman–Crippen MR) is 94.7 cm³/mol. The van der Waals surface area contributed by atoms with E-state index in [1.165, 1.54) is 5.56 Å². The normalized spacial score (nSPS) is 23.6. The molecule has 4 heteroatoms. The Morgan fingerprint density at radius 2 is 2.00 bits per heavy atom. The number of hydrogen-bond acceptors (Lipinski definition) is 4. The Bertz CT molecular complexity index is 593. The van der Waals surface area contributed by atoms with E-state index in [2.05, 4.69) is 12.1 Å². The zero-order chi connectivity index (χ0) is 18.1. The van der Waals surface area contributed by atoms with E-state index in [9.17, 15) is 19.8 Å². The monoisotopic (exact) mass is 343 g/mol. The van der Waals surface area contributed by atoms with Crippen molar-refractivity contribution in [3.8, 4) is 0 Å². The summed E-state index contributed by atoms with van der Waals surface area (Å²) in [6.45, 7) is 0. The molecule has 0 bridgehead atoms. The summed E-state index contributed by atoms with van der Waals surface area (Å²) < 4.78 is 0. The van der Waals surface area contributed by atoms with Crippen LogP contribution in [0.15, 0.2) is 42.5 Å². The number of carbonyl (C=O) groups is 2. The van der Waals surface area contributed by atoms with Crippen LogP contribution in [0, 0.1) is 5.92 Å². The molecular weight excluding hydrogens is 316 g/mol. The lowest BCUT2D eigenvalue weighted by molar-refractivity contribution is -0.309. The Morgan fingerprint density at radius 3 is 2.72 bits per heavy atom. The van der Waals surface area contributed by atoms with Crippen LogP contribution in [0.1, 0.15) is 56.9 Å². The van der Waals surface area contributed by atoms with Gasteiger partial charge in [-0.2, -0.15) is 0 Å². The zero-order valence-electron chi connectivity index (χ0n) is 14.7. The van der Waals surface area contributed by atoms with Crippen molar-refractivity contribution < 1.29 is 19.8 Å². The second-order valence-corrected chi connectivity index (χ2v) is 7.15. The molecule has 0 radical (unpaired) electrons. The summed E-state index contributed by atoms with van der Waals surface area (Å²) in [6, 6.07) is 10.2. The Kier molecular flexibility index (Phi) is 7.38. The van der Waals surface area contributed by atoms with Gasteiger partial charge in [0.05, 0.1) is 5.60 Å². The van der Waals surface area contributed by atoms with Crippen molar-refractivity contribution in [2.75, 3.05) is 0 Å². The SMILES string of the molecule is O=C([O-])C[C@]1(O)CCC[C@H](/C=C/C(=O)CCCCc2ccccc2)C1. The van der Waals surface area contributed by atoms with Crippen molar-refractivity contribution in [3.05, 3.63) is 48.0 Å². The molecule has 1 aromatic rings. The highest BCUT2D eigenvalue weighted by molar-refractivity contribution is 5.89. The Labute approximate surface area is 149 Å². The first kappa shape index (κ1) is 19.4. The van der Waals surface area contributed by atoms with E-state index >= 15 is 0 Å². The van der Waals surface area contributed by atoms with Gasteiger partial charge in [-0.25, -0.2) is 0 Å². The van der Waals surface area contributed by atoms with Gasteiger partial charge in [0.15, 0.2) is 5.78 Å². The number of allylic oxidation sites excluding steroid dienone is 2. The van der Waals surface area contributed by atoms with Crippen LogP contribution in [0.25, 0.3) is 0 Å². The highest BCUT2D eigenvalue weighted by atomic mass is 16.4. The number of hydrogen-bond donors (Lipinski definition) is 1. The topological polar surface area (TPSA) is 77.4 Å². The fraction of sp³-hybridized carbons (Fsp3) is 0.524. The lowest BCUT2D eigenvalue weighted by Gasteiger charge is -2.36. The van der Waals surface area contributed by atoms with E-state index in [0.29, 0.717) is 19.3 Å². The first-order chi connectivity index (χ1) is 12.0. The van der Waals surface area contributed by atoms with Gasteiger partial charge in [-0.15, -0.1) is 0 Å². The van der Waals surface area contributed by atoms with Gasteiger partial charge in [0.1, 0.15) is 0 Å². The molecule has 1 N–H and O–H groups in total. The standard InChI is InChI=1S/C21H28O4/c22-19(11-5-4-9-17-7-2-1-3-8-17)13-12-18-10-6-14-21(25,15-18)16-20(23)24/h1-3,7-8,12-13,18,25H,4-6,9-11,14-16H2,(H,23,24)/p-1/b13-12+/t18-,21+/m1/s1. The van der Waals surface area contributed by atoms with Gasteiger partial charge in [0.2, 0.25) is 0 Å². The number of unbranched alkanes of at least 4 members (excludes halogenated alkanes) is 1. The fourth-order valence-electron chi connectivity index (χ4n) is 3.58. The summed E-state index contributed by atoms with van der Waals surface area (Å²) in [6.07, 6.45) is 9.00. The summed E-state index contributed by atoms with van der Waals surface area (Å²) in [5.41, 5.74) is 0.102. The van der Waals surface area contributed by atoms with Gasteiger partial charge in [-0.1, -0.05) is 36.4 Å². The van der Waals surface area contributed by atoms with Crippen LogP contribution < -0.4 is 5.11 Å². The Hall–Kier alpha value is -1.94. The van der Waals surface area contributed by atoms with Crippen LogP contribution in [0.2, 0.25) is 0 Å². The van der Waals surface area contributed by atoms with Gasteiger partial charge in [0, 0.05) is 18.8 Å². The minimum atomic E-state index is -1.22. The molecule has 1 aromatic carbocycles. The van der Waals surface area contributed by atoms with E-state index in [4.69, 9.17) is 0 Å². The van der Waals surface area contributed by atoms with Crippen LogP contribution in [0.3, 0.4) is 0 Å². The predicted octanol–water partition coefficient (Wildman–Crippen LogP) is 2.59. The summed E-state index contributed by atoms with van der Waals surface area (Å²) in [7, 11) is 0. The Balaban J connectivity index is 1.69. The molecule has 0 saturated heterocycles. The maximum atomic E-state index is 12.0. The molecule has 1 aliphatic rings. The third-order valence-electron chi connectivity index (χ3n) is 4.87. The number of aliphatic carboxylic acids is 1. The molecule has 0 aliphatic heterocycles. The third-order valence-corrected chi connectivity index (χ3v) is 4.87. The van der Waals surface area contributed by atoms with Crippen molar-refractivity contribution in [1.82, 2.24) is 0 Å². The average molecular weight is 343 g/mol. The minimum Gasteiger partial charge on any atom is -0.550 e. The van der Waals surface area contributed by atoms with Crippen molar-refractivity contribution >= 4 is 11.8 Å². The van der Waals surface area contributed by atoms with Crippen LogP contribution in [0.4, 0.5) is 0 Å². The summed E-state index contributed by atoms with van der Waals surface area (Å²) in [4.78, 5) is 22.7.